The second-order valence-electron chi connectivity index (χ2n) is 3.07. The molecule has 1 aromatic carbocycles. The van der Waals surface area contributed by atoms with Gasteiger partial charge in [0.15, 0.2) is 0 Å². The van der Waals surface area contributed by atoms with Crippen LogP contribution in [-0.2, 0) is 9.84 Å². The van der Waals surface area contributed by atoms with Crippen LogP contribution in [0.2, 0.25) is 10.0 Å². The SMILES string of the molecule is CS(=O)(=O)/C(C#N)=N/Nc1cc(Cl)cc(Cl)c1. The average molecular weight is 292 g/mol. The first kappa shape index (κ1) is 13.8. The van der Waals surface area contributed by atoms with Crippen molar-refractivity contribution in [2.24, 2.45) is 5.10 Å². The van der Waals surface area contributed by atoms with Crippen molar-refractivity contribution in [1.82, 2.24) is 0 Å². The number of hydrazone groups is 1. The molecule has 1 N–H and O–H groups in total. The second kappa shape index (κ2) is 5.36. The van der Waals surface area contributed by atoms with Gasteiger partial charge in [0.05, 0.1) is 5.69 Å². The number of halogens is 2. The molecule has 0 radical (unpaired) electrons. The van der Waals surface area contributed by atoms with Gasteiger partial charge in [-0.1, -0.05) is 23.2 Å². The van der Waals surface area contributed by atoms with Gasteiger partial charge in [-0.2, -0.15) is 10.4 Å². The Morgan fingerprint density at radius 1 is 1.35 bits per heavy atom. The first-order valence-corrected chi connectivity index (χ1v) is 6.87. The molecule has 0 aliphatic rings. The fourth-order valence-electron chi connectivity index (χ4n) is 0.925. The molecule has 0 heterocycles. The van der Waals surface area contributed by atoms with Crippen molar-refractivity contribution in [3.05, 3.63) is 28.2 Å². The van der Waals surface area contributed by atoms with E-state index in [1.165, 1.54) is 24.3 Å². The number of nitrogens with zero attached hydrogens (tertiary/aromatic N) is 2. The highest BCUT2D eigenvalue weighted by Gasteiger charge is 2.12. The van der Waals surface area contributed by atoms with E-state index in [0.29, 0.717) is 15.7 Å². The molecule has 1 rings (SSSR count). The number of hydrogen-bond acceptors (Lipinski definition) is 5. The zero-order valence-corrected chi connectivity index (χ0v) is 10.9. The van der Waals surface area contributed by atoms with E-state index in [2.05, 4.69) is 10.5 Å². The van der Waals surface area contributed by atoms with Crippen LogP contribution in [-0.4, -0.2) is 19.7 Å². The topological polar surface area (TPSA) is 82.3 Å². The quantitative estimate of drug-likeness (QED) is 0.515. The summed E-state index contributed by atoms with van der Waals surface area (Å²) < 4.78 is 22.1. The maximum absolute atomic E-state index is 11.1. The molecule has 0 fully saturated rings. The lowest BCUT2D eigenvalue weighted by molar-refractivity contribution is 0.612. The van der Waals surface area contributed by atoms with E-state index in [9.17, 15) is 8.42 Å². The van der Waals surface area contributed by atoms with Crippen LogP contribution in [0.1, 0.15) is 0 Å². The molecule has 1 aromatic rings. The first-order chi connectivity index (χ1) is 7.82. The van der Waals surface area contributed by atoms with E-state index in [0.717, 1.165) is 6.26 Å². The van der Waals surface area contributed by atoms with Crippen molar-refractivity contribution < 1.29 is 8.42 Å². The minimum Gasteiger partial charge on any atom is -0.276 e. The number of rotatable bonds is 2. The van der Waals surface area contributed by atoms with Gasteiger partial charge in [0.2, 0.25) is 9.84 Å². The van der Waals surface area contributed by atoms with Gasteiger partial charge in [-0.15, -0.1) is 0 Å². The van der Waals surface area contributed by atoms with Crippen molar-refractivity contribution >= 4 is 43.8 Å². The van der Waals surface area contributed by atoms with Gasteiger partial charge >= 0.3 is 0 Å². The highest BCUT2D eigenvalue weighted by Crippen LogP contribution is 2.22. The molecule has 0 spiro atoms. The first-order valence-electron chi connectivity index (χ1n) is 4.23. The van der Waals surface area contributed by atoms with E-state index in [1.54, 1.807) is 0 Å². The van der Waals surface area contributed by atoms with Crippen molar-refractivity contribution in [2.75, 3.05) is 11.7 Å². The molecule has 90 valence electrons. The lowest BCUT2D eigenvalue weighted by Gasteiger charge is -2.02. The Kier molecular flexibility index (Phi) is 4.34. The Bertz CT molecular complexity index is 585. The van der Waals surface area contributed by atoms with Crippen molar-refractivity contribution in [1.29, 1.82) is 5.26 Å². The van der Waals surface area contributed by atoms with Crippen LogP contribution in [0.4, 0.5) is 5.69 Å². The van der Waals surface area contributed by atoms with Crippen LogP contribution < -0.4 is 5.43 Å². The fraction of sp³-hybridized carbons (Fsp3) is 0.111. The Morgan fingerprint density at radius 3 is 2.29 bits per heavy atom. The van der Waals surface area contributed by atoms with Crippen molar-refractivity contribution in [3.63, 3.8) is 0 Å². The van der Waals surface area contributed by atoms with Crippen LogP contribution in [0.25, 0.3) is 0 Å². The van der Waals surface area contributed by atoms with Crippen LogP contribution in [0.15, 0.2) is 23.3 Å². The number of nitriles is 1. The molecule has 0 bridgehead atoms. The highest BCUT2D eigenvalue weighted by atomic mass is 35.5. The summed E-state index contributed by atoms with van der Waals surface area (Å²) in [5.41, 5.74) is 2.79. The number of hydrogen-bond donors (Lipinski definition) is 1. The molecule has 0 atom stereocenters. The Balaban J connectivity index is 3.01. The lowest BCUT2D eigenvalue weighted by atomic mass is 10.3. The third-order valence-corrected chi connectivity index (χ3v) is 2.92. The average Bonchev–Trinajstić information content (AvgIpc) is 2.14. The molecule has 0 aliphatic heterocycles. The van der Waals surface area contributed by atoms with Gasteiger partial charge in [-0.05, 0) is 18.2 Å². The zero-order valence-electron chi connectivity index (χ0n) is 8.61. The van der Waals surface area contributed by atoms with Crippen LogP contribution in [0, 0.1) is 11.3 Å². The van der Waals surface area contributed by atoms with Gasteiger partial charge in [-0.3, -0.25) is 5.43 Å². The summed E-state index contributed by atoms with van der Waals surface area (Å²) in [5.74, 6) is 0. The number of nitrogens with one attached hydrogen (secondary N) is 1. The molecule has 0 amide bonds. The van der Waals surface area contributed by atoms with Crippen LogP contribution >= 0.6 is 23.2 Å². The minimum atomic E-state index is -3.64. The number of benzene rings is 1. The number of anilines is 1. The summed E-state index contributed by atoms with van der Waals surface area (Å²) in [4.78, 5) is 0. The normalized spacial score (nSPS) is 12.0. The predicted octanol–water partition coefficient (Wildman–Crippen LogP) is 2.29. The fourth-order valence-corrected chi connectivity index (χ4v) is 1.83. The summed E-state index contributed by atoms with van der Waals surface area (Å²) in [5, 5.41) is 12.2. The smallest absolute Gasteiger partial charge is 0.251 e. The molecule has 0 unspecified atom stereocenters. The number of sulfone groups is 1. The Labute approximate surface area is 109 Å². The van der Waals surface area contributed by atoms with Gasteiger partial charge in [0.1, 0.15) is 6.07 Å². The Hall–Kier alpha value is -1.29. The van der Waals surface area contributed by atoms with Gasteiger partial charge in [0, 0.05) is 16.3 Å². The summed E-state index contributed by atoms with van der Waals surface area (Å²) in [6, 6.07) is 5.98. The second-order valence-corrected chi connectivity index (χ2v) is 5.87. The summed E-state index contributed by atoms with van der Waals surface area (Å²) in [6.45, 7) is 0. The van der Waals surface area contributed by atoms with Gasteiger partial charge in [-0.25, -0.2) is 8.42 Å². The molecule has 8 heteroatoms. The lowest BCUT2D eigenvalue weighted by Crippen LogP contribution is -2.12. The summed E-state index contributed by atoms with van der Waals surface area (Å²) in [6.07, 6.45) is 0.891. The standard InChI is InChI=1S/C9H7Cl2N3O2S/c1-17(15,16)9(5-12)14-13-8-3-6(10)2-7(11)4-8/h2-4,13H,1H3/b14-9+. The molecule has 17 heavy (non-hydrogen) atoms. The van der Waals surface area contributed by atoms with E-state index in [-0.39, 0.29) is 0 Å². The molecule has 0 aromatic heterocycles. The molecular weight excluding hydrogens is 285 g/mol. The molecular formula is C9H7Cl2N3O2S. The summed E-state index contributed by atoms with van der Waals surface area (Å²) in [7, 11) is -3.64. The van der Waals surface area contributed by atoms with Crippen molar-refractivity contribution in [3.8, 4) is 6.07 Å². The van der Waals surface area contributed by atoms with Crippen LogP contribution in [0.5, 0.6) is 0 Å². The largest absolute Gasteiger partial charge is 0.276 e. The molecule has 0 saturated carbocycles. The van der Waals surface area contributed by atoms with E-state index < -0.39 is 14.9 Å². The highest BCUT2D eigenvalue weighted by molar-refractivity contribution is 8.06. The predicted molar refractivity (Wildman–Crippen MR) is 68.0 cm³/mol. The van der Waals surface area contributed by atoms with Crippen molar-refractivity contribution in [2.45, 2.75) is 0 Å². The third-order valence-electron chi connectivity index (χ3n) is 1.60. The van der Waals surface area contributed by atoms with E-state index >= 15 is 0 Å². The molecule has 0 aliphatic carbocycles. The van der Waals surface area contributed by atoms with E-state index in [1.807, 2.05) is 0 Å². The van der Waals surface area contributed by atoms with Crippen LogP contribution in [0.3, 0.4) is 0 Å². The maximum atomic E-state index is 11.1. The van der Waals surface area contributed by atoms with Gasteiger partial charge < -0.3 is 0 Å². The molecule has 5 nitrogen and oxygen atoms in total. The van der Waals surface area contributed by atoms with Gasteiger partial charge in [0.25, 0.3) is 5.04 Å². The zero-order chi connectivity index (χ0) is 13.1. The Morgan fingerprint density at radius 2 is 1.88 bits per heavy atom. The molecule has 0 saturated heterocycles. The summed E-state index contributed by atoms with van der Waals surface area (Å²) >= 11 is 11.5. The maximum Gasteiger partial charge on any atom is 0.251 e. The van der Waals surface area contributed by atoms with E-state index in [4.69, 9.17) is 28.5 Å². The monoisotopic (exact) mass is 291 g/mol. The third kappa shape index (κ3) is 4.23. The minimum absolute atomic E-state index is 0.369.